The number of benzene rings is 1. The molecule has 0 saturated carbocycles. The molecule has 1 unspecified atom stereocenters. The lowest BCUT2D eigenvalue weighted by molar-refractivity contribution is 0.0536. The third-order valence-electron chi connectivity index (χ3n) is 6.42. The number of nitrogens with one attached hydrogen (secondary N) is 1. The van der Waals surface area contributed by atoms with E-state index in [2.05, 4.69) is 53.2 Å². The molecule has 2 aliphatic rings. The summed E-state index contributed by atoms with van der Waals surface area (Å²) < 4.78 is 10.8. The Morgan fingerprint density at radius 2 is 1.81 bits per heavy atom. The summed E-state index contributed by atoms with van der Waals surface area (Å²) in [6.07, 6.45) is 3.81. The highest BCUT2D eigenvalue weighted by Gasteiger charge is 2.25. The molecule has 1 N–H and O–H groups in total. The van der Waals surface area contributed by atoms with Crippen LogP contribution in [-0.4, -0.2) is 75.4 Å². The molecule has 6 heteroatoms. The van der Waals surface area contributed by atoms with E-state index in [1.54, 1.807) is 7.11 Å². The first kappa shape index (κ1) is 24.0. The summed E-state index contributed by atoms with van der Waals surface area (Å²) in [6, 6.07) is 9.04. The highest BCUT2D eigenvalue weighted by atomic mass is 16.5. The van der Waals surface area contributed by atoms with Crippen molar-refractivity contribution in [1.29, 1.82) is 0 Å². The highest BCUT2D eigenvalue weighted by molar-refractivity contribution is 5.80. The summed E-state index contributed by atoms with van der Waals surface area (Å²) in [5, 5.41) is 3.47. The Morgan fingerprint density at radius 1 is 1.06 bits per heavy atom. The maximum absolute atomic E-state index is 5.73. The summed E-state index contributed by atoms with van der Waals surface area (Å²) in [4.78, 5) is 9.88. The zero-order valence-electron chi connectivity index (χ0n) is 19.8. The number of piperidine rings is 1. The molecular formula is C25H42N4O2. The average Bonchev–Trinajstić information content (AvgIpc) is 3.25. The number of methoxy groups -OCH3 is 1. The number of hydrogen-bond donors (Lipinski definition) is 1. The van der Waals surface area contributed by atoms with Gasteiger partial charge in [-0.1, -0.05) is 31.2 Å². The van der Waals surface area contributed by atoms with Crippen molar-refractivity contribution < 1.29 is 9.47 Å². The molecule has 3 rings (SSSR count). The minimum atomic E-state index is 0.567. The van der Waals surface area contributed by atoms with Crippen LogP contribution in [0.25, 0.3) is 0 Å². The maximum atomic E-state index is 5.73. The van der Waals surface area contributed by atoms with Crippen LogP contribution in [0.2, 0.25) is 0 Å². The van der Waals surface area contributed by atoms with Gasteiger partial charge in [0.05, 0.1) is 26.4 Å². The van der Waals surface area contributed by atoms with E-state index >= 15 is 0 Å². The van der Waals surface area contributed by atoms with Gasteiger partial charge in [-0.15, -0.1) is 0 Å². The second-order valence-electron chi connectivity index (χ2n) is 9.11. The molecule has 2 aliphatic heterocycles. The van der Waals surface area contributed by atoms with Gasteiger partial charge in [-0.05, 0) is 56.3 Å². The molecule has 2 saturated heterocycles. The number of guanidine groups is 1. The number of hydrogen-bond acceptors (Lipinski definition) is 4. The second kappa shape index (κ2) is 13.0. The summed E-state index contributed by atoms with van der Waals surface area (Å²) in [6.45, 7) is 13.8. The van der Waals surface area contributed by atoms with E-state index in [0.29, 0.717) is 19.1 Å². The number of aliphatic imine (C=N–C) groups is 1. The van der Waals surface area contributed by atoms with E-state index < -0.39 is 0 Å². The van der Waals surface area contributed by atoms with Gasteiger partial charge in [-0.2, -0.15) is 0 Å². The lowest BCUT2D eigenvalue weighted by atomic mass is 9.99. The molecule has 174 valence electrons. The van der Waals surface area contributed by atoms with Crippen LogP contribution in [0.15, 0.2) is 29.3 Å². The van der Waals surface area contributed by atoms with Crippen LogP contribution in [0.3, 0.4) is 0 Å². The first-order valence-corrected chi connectivity index (χ1v) is 12.1. The fourth-order valence-corrected chi connectivity index (χ4v) is 4.37. The minimum Gasteiger partial charge on any atom is -0.382 e. The van der Waals surface area contributed by atoms with Crippen LogP contribution in [0.5, 0.6) is 0 Å². The van der Waals surface area contributed by atoms with Crippen LogP contribution in [0.1, 0.15) is 44.2 Å². The fraction of sp³-hybridized carbons (Fsp3) is 0.720. The normalized spacial score (nSPS) is 21.1. The largest absolute Gasteiger partial charge is 0.382 e. The topological polar surface area (TPSA) is 49.3 Å². The maximum Gasteiger partial charge on any atom is 0.194 e. The van der Waals surface area contributed by atoms with Crippen molar-refractivity contribution in [2.24, 2.45) is 16.8 Å². The van der Waals surface area contributed by atoms with Gasteiger partial charge in [0, 0.05) is 39.2 Å². The van der Waals surface area contributed by atoms with E-state index in [-0.39, 0.29) is 0 Å². The van der Waals surface area contributed by atoms with Crippen LogP contribution < -0.4 is 5.32 Å². The molecule has 0 amide bonds. The van der Waals surface area contributed by atoms with Crippen LogP contribution in [0.4, 0.5) is 0 Å². The second-order valence-corrected chi connectivity index (χ2v) is 9.11. The summed E-state index contributed by atoms with van der Waals surface area (Å²) in [5.74, 6) is 2.47. The zero-order chi connectivity index (χ0) is 21.9. The third kappa shape index (κ3) is 8.09. The van der Waals surface area contributed by atoms with Gasteiger partial charge in [0.2, 0.25) is 0 Å². The van der Waals surface area contributed by atoms with Crippen molar-refractivity contribution in [3.8, 4) is 0 Å². The number of nitrogens with zero attached hydrogens (tertiary/aromatic N) is 3. The van der Waals surface area contributed by atoms with E-state index in [1.807, 2.05) is 0 Å². The molecule has 0 aliphatic carbocycles. The Kier molecular flexibility index (Phi) is 10.1. The van der Waals surface area contributed by atoms with Crippen molar-refractivity contribution >= 4 is 5.96 Å². The van der Waals surface area contributed by atoms with Gasteiger partial charge in [0.1, 0.15) is 0 Å². The Bertz CT molecular complexity index is 656. The molecule has 0 aromatic heterocycles. The molecule has 0 radical (unpaired) electrons. The summed E-state index contributed by atoms with van der Waals surface area (Å²) in [7, 11) is 1.71. The molecule has 2 heterocycles. The molecule has 6 nitrogen and oxygen atoms in total. The quantitative estimate of drug-likeness (QED) is 0.350. The van der Waals surface area contributed by atoms with E-state index in [9.17, 15) is 0 Å². The fourth-order valence-electron chi connectivity index (χ4n) is 4.37. The molecule has 1 aromatic carbocycles. The van der Waals surface area contributed by atoms with E-state index in [0.717, 1.165) is 57.6 Å². The molecule has 0 spiro atoms. The van der Waals surface area contributed by atoms with E-state index in [4.69, 9.17) is 14.5 Å². The van der Waals surface area contributed by atoms with Crippen LogP contribution >= 0.6 is 0 Å². The van der Waals surface area contributed by atoms with Gasteiger partial charge in [-0.3, -0.25) is 4.90 Å². The van der Waals surface area contributed by atoms with E-state index in [1.165, 1.54) is 37.1 Å². The summed E-state index contributed by atoms with van der Waals surface area (Å²) in [5.41, 5.74) is 2.68. The summed E-state index contributed by atoms with van der Waals surface area (Å²) >= 11 is 0. The van der Waals surface area contributed by atoms with Crippen molar-refractivity contribution in [3.05, 3.63) is 35.4 Å². The lowest BCUT2D eigenvalue weighted by Crippen LogP contribution is -2.40. The smallest absolute Gasteiger partial charge is 0.194 e. The Hall–Kier alpha value is -1.63. The number of rotatable bonds is 10. The van der Waals surface area contributed by atoms with Gasteiger partial charge in [-0.25, -0.2) is 4.99 Å². The minimum absolute atomic E-state index is 0.567. The first-order chi connectivity index (χ1) is 15.2. The number of likely N-dealkylation sites (tertiary alicyclic amines) is 2. The Balaban J connectivity index is 1.47. The predicted molar refractivity (Wildman–Crippen MR) is 127 cm³/mol. The van der Waals surface area contributed by atoms with Crippen molar-refractivity contribution in [2.45, 2.75) is 46.2 Å². The monoisotopic (exact) mass is 430 g/mol. The Labute approximate surface area is 189 Å². The van der Waals surface area contributed by atoms with Gasteiger partial charge >= 0.3 is 0 Å². The van der Waals surface area contributed by atoms with Gasteiger partial charge in [0.25, 0.3) is 0 Å². The predicted octanol–water partition coefficient (Wildman–Crippen LogP) is 3.37. The molecular weight excluding hydrogens is 388 g/mol. The van der Waals surface area contributed by atoms with Crippen molar-refractivity contribution in [2.75, 3.05) is 59.7 Å². The average molecular weight is 431 g/mol. The van der Waals surface area contributed by atoms with Crippen LogP contribution in [-0.2, 0) is 22.6 Å². The lowest BCUT2D eigenvalue weighted by Gasteiger charge is -2.30. The molecule has 2 fully saturated rings. The molecule has 1 atom stereocenters. The van der Waals surface area contributed by atoms with Gasteiger partial charge < -0.3 is 19.7 Å². The van der Waals surface area contributed by atoms with Crippen LogP contribution in [0, 0.1) is 11.8 Å². The van der Waals surface area contributed by atoms with Crippen molar-refractivity contribution in [3.63, 3.8) is 0 Å². The highest BCUT2D eigenvalue weighted by Crippen LogP contribution is 2.19. The van der Waals surface area contributed by atoms with Gasteiger partial charge in [0.15, 0.2) is 5.96 Å². The molecule has 31 heavy (non-hydrogen) atoms. The Morgan fingerprint density at radius 3 is 2.52 bits per heavy atom. The molecule has 1 aromatic rings. The van der Waals surface area contributed by atoms with Crippen molar-refractivity contribution in [1.82, 2.24) is 15.1 Å². The first-order valence-electron chi connectivity index (χ1n) is 12.1. The standard InChI is InChI=1S/C25H42N4O2/c1-4-26-25(29-14-11-24(19-29)20-31-16-15-30-3)27-17-22-5-7-23(8-6-22)18-28-12-9-21(2)10-13-28/h5-8,21,24H,4,9-20H2,1-3H3,(H,26,27). The molecule has 0 bridgehead atoms. The zero-order valence-corrected chi connectivity index (χ0v) is 19.8. The SMILES string of the molecule is CCNC(=NCc1ccc(CN2CCC(C)CC2)cc1)N1CCC(COCCOC)C1. The number of ether oxygens (including phenoxy) is 2. The third-order valence-corrected chi connectivity index (χ3v) is 6.42.